The van der Waals surface area contributed by atoms with Crippen molar-refractivity contribution in [3.05, 3.63) is 54.2 Å². The van der Waals surface area contributed by atoms with Gasteiger partial charge in [0, 0.05) is 31.5 Å². The number of nitrogens with zero attached hydrogens (tertiary/aromatic N) is 4. The van der Waals surface area contributed by atoms with Gasteiger partial charge in [-0.15, -0.1) is 0 Å². The van der Waals surface area contributed by atoms with Crippen LogP contribution in [0.15, 0.2) is 42.9 Å². The van der Waals surface area contributed by atoms with Gasteiger partial charge >= 0.3 is 6.03 Å². The van der Waals surface area contributed by atoms with Crippen LogP contribution in [0.1, 0.15) is 18.4 Å². The molecule has 7 heteroatoms. The summed E-state index contributed by atoms with van der Waals surface area (Å²) in [6.07, 6.45) is 5.57. The molecule has 1 aromatic carbocycles. The van der Waals surface area contributed by atoms with E-state index >= 15 is 0 Å². The average molecular weight is 367 g/mol. The second kappa shape index (κ2) is 7.34. The van der Waals surface area contributed by atoms with E-state index < -0.39 is 0 Å². The molecule has 0 aliphatic carbocycles. The van der Waals surface area contributed by atoms with E-state index in [1.807, 2.05) is 18.5 Å². The fourth-order valence-electron chi connectivity index (χ4n) is 3.58. The van der Waals surface area contributed by atoms with Gasteiger partial charge in [-0.05, 0) is 55.5 Å². The predicted molar refractivity (Wildman–Crippen MR) is 102 cm³/mol. The number of carbonyl (C=O) groups is 1. The van der Waals surface area contributed by atoms with Crippen molar-refractivity contribution in [3.8, 4) is 0 Å². The van der Waals surface area contributed by atoms with Gasteiger partial charge in [-0.3, -0.25) is 0 Å². The summed E-state index contributed by atoms with van der Waals surface area (Å²) >= 11 is 0. The fourth-order valence-corrected chi connectivity index (χ4v) is 3.58. The first-order valence-electron chi connectivity index (χ1n) is 9.18. The van der Waals surface area contributed by atoms with E-state index in [9.17, 15) is 9.18 Å². The largest absolute Gasteiger partial charge is 0.324 e. The zero-order valence-electron chi connectivity index (χ0n) is 15.2. The molecule has 27 heavy (non-hydrogen) atoms. The molecule has 1 unspecified atom stereocenters. The maximum atomic E-state index is 13.7. The van der Waals surface area contributed by atoms with Crippen LogP contribution < -0.4 is 5.32 Å². The maximum absolute atomic E-state index is 13.7. The number of hydrogen-bond acceptors (Lipinski definition) is 3. The molecule has 1 aliphatic rings. The van der Waals surface area contributed by atoms with Crippen molar-refractivity contribution < 1.29 is 9.18 Å². The summed E-state index contributed by atoms with van der Waals surface area (Å²) in [7, 11) is 0. The topological polar surface area (TPSA) is 63.1 Å². The number of rotatable bonds is 3. The fraction of sp³-hybridized carbons (Fsp3) is 0.350. The first kappa shape index (κ1) is 17.5. The minimum absolute atomic E-state index is 0.184. The minimum atomic E-state index is -0.316. The number of nitrogens with one attached hydrogen (secondary N) is 1. The van der Waals surface area contributed by atoms with Crippen LogP contribution in [0.2, 0.25) is 0 Å². The molecule has 6 nitrogen and oxygen atoms in total. The first-order chi connectivity index (χ1) is 13.1. The van der Waals surface area contributed by atoms with E-state index in [0.717, 1.165) is 30.6 Å². The Balaban J connectivity index is 1.41. The zero-order valence-corrected chi connectivity index (χ0v) is 15.2. The quantitative estimate of drug-likeness (QED) is 0.765. The van der Waals surface area contributed by atoms with Crippen LogP contribution in [0, 0.1) is 18.7 Å². The molecule has 4 rings (SSSR count). The Bertz CT molecular complexity index is 970. The molecule has 1 atom stereocenters. The number of hydrogen-bond donors (Lipinski definition) is 1. The number of anilines is 1. The monoisotopic (exact) mass is 367 g/mol. The number of halogens is 1. The molecule has 1 fully saturated rings. The maximum Gasteiger partial charge on any atom is 0.321 e. The molecular weight excluding hydrogens is 345 g/mol. The standard InChI is InChI=1S/C20H22FN5O/c1-14-6-7-16(10-17(14)21)24-20(27)25-9-3-4-15(11-25)12-26-13-23-18-5-2-8-22-19(18)26/h2,5-8,10,13,15H,3-4,9,11-12H2,1H3,(H,24,27). The smallest absolute Gasteiger partial charge is 0.321 e. The van der Waals surface area contributed by atoms with Crippen LogP contribution in [-0.2, 0) is 6.54 Å². The summed E-state index contributed by atoms with van der Waals surface area (Å²) in [5, 5.41) is 2.80. The minimum Gasteiger partial charge on any atom is -0.324 e. The summed E-state index contributed by atoms with van der Waals surface area (Å²) in [5.74, 6) is 0.0162. The summed E-state index contributed by atoms with van der Waals surface area (Å²) in [6, 6.07) is 8.39. The molecule has 0 saturated carbocycles. The SMILES string of the molecule is Cc1ccc(NC(=O)N2CCCC(Cn3cnc4cccnc43)C2)cc1F. The van der Waals surface area contributed by atoms with Crippen molar-refractivity contribution in [3.63, 3.8) is 0 Å². The van der Waals surface area contributed by atoms with Gasteiger partial charge in [0.15, 0.2) is 5.65 Å². The highest BCUT2D eigenvalue weighted by Crippen LogP contribution is 2.21. The number of carbonyl (C=O) groups excluding carboxylic acids is 1. The van der Waals surface area contributed by atoms with Gasteiger partial charge in [0.1, 0.15) is 11.3 Å². The van der Waals surface area contributed by atoms with Crippen LogP contribution in [0.25, 0.3) is 11.2 Å². The number of pyridine rings is 1. The number of amides is 2. The summed E-state index contributed by atoms with van der Waals surface area (Å²) in [5.41, 5.74) is 2.79. The third-order valence-electron chi connectivity index (χ3n) is 5.06. The molecule has 0 radical (unpaired) electrons. The molecule has 2 aromatic heterocycles. The summed E-state index contributed by atoms with van der Waals surface area (Å²) < 4.78 is 15.7. The molecule has 2 amide bonds. The third kappa shape index (κ3) is 3.77. The molecule has 0 bridgehead atoms. The summed E-state index contributed by atoms with van der Waals surface area (Å²) in [4.78, 5) is 23.2. The second-order valence-corrected chi connectivity index (χ2v) is 7.09. The lowest BCUT2D eigenvalue weighted by Gasteiger charge is -2.33. The van der Waals surface area contributed by atoms with Gasteiger partial charge in [-0.2, -0.15) is 0 Å². The Morgan fingerprint density at radius 3 is 3.07 bits per heavy atom. The highest BCUT2D eigenvalue weighted by molar-refractivity contribution is 5.89. The summed E-state index contributed by atoms with van der Waals surface area (Å²) in [6.45, 7) is 3.84. The normalized spacial score (nSPS) is 17.3. The highest BCUT2D eigenvalue weighted by Gasteiger charge is 2.24. The van der Waals surface area contributed by atoms with E-state index in [2.05, 4.69) is 19.9 Å². The average Bonchev–Trinajstić information content (AvgIpc) is 3.08. The van der Waals surface area contributed by atoms with E-state index in [0.29, 0.717) is 30.3 Å². The molecule has 3 heterocycles. The molecular formula is C20H22FN5O. The molecule has 1 N–H and O–H groups in total. The lowest BCUT2D eigenvalue weighted by Crippen LogP contribution is -2.43. The van der Waals surface area contributed by atoms with Crippen molar-refractivity contribution in [2.75, 3.05) is 18.4 Å². The van der Waals surface area contributed by atoms with E-state index in [1.165, 1.54) is 6.07 Å². The van der Waals surface area contributed by atoms with Gasteiger partial charge in [0.05, 0.1) is 6.33 Å². The first-order valence-corrected chi connectivity index (χ1v) is 9.18. The van der Waals surface area contributed by atoms with Gasteiger partial charge in [0.2, 0.25) is 0 Å². The number of aryl methyl sites for hydroxylation is 1. The van der Waals surface area contributed by atoms with Crippen molar-refractivity contribution in [1.82, 2.24) is 19.4 Å². The highest BCUT2D eigenvalue weighted by atomic mass is 19.1. The van der Waals surface area contributed by atoms with Crippen LogP contribution in [0.3, 0.4) is 0 Å². The van der Waals surface area contributed by atoms with Crippen molar-refractivity contribution in [2.45, 2.75) is 26.3 Å². The van der Waals surface area contributed by atoms with Crippen molar-refractivity contribution >= 4 is 22.9 Å². The number of imidazole rings is 1. The van der Waals surface area contributed by atoms with Gasteiger partial charge in [0.25, 0.3) is 0 Å². The van der Waals surface area contributed by atoms with Gasteiger partial charge < -0.3 is 14.8 Å². The molecule has 140 valence electrons. The second-order valence-electron chi connectivity index (χ2n) is 7.09. The van der Waals surface area contributed by atoms with E-state index in [4.69, 9.17) is 0 Å². The lowest BCUT2D eigenvalue weighted by atomic mass is 9.98. The number of aromatic nitrogens is 3. The number of likely N-dealkylation sites (tertiary alicyclic amines) is 1. The van der Waals surface area contributed by atoms with Crippen molar-refractivity contribution in [1.29, 1.82) is 0 Å². The molecule has 1 aliphatic heterocycles. The number of benzene rings is 1. The van der Waals surface area contributed by atoms with Crippen LogP contribution in [0.4, 0.5) is 14.9 Å². The Labute approximate surface area is 157 Å². The Morgan fingerprint density at radius 2 is 2.22 bits per heavy atom. The Hall–Kier alpha value is -2.96. The molecule has 3 aromatic rings. The van der Waals surface area contributed by atoms with E-state index in [1.54, 1.807) is 30.2 Å². The zero-order chi connectivity index (χ0) is 18.8. The lowest BCUT2D eigenvalue weighted by molar-refractivity contribution is 0.171. The molecule has 1 saturated heterocycles. The van der Waals surface area contributed by atoms with E-state index in [-0.39, 0.29) is 11.8 Å². The van der Waals surface area contributed by atoms with Crippen LogP contribution >= 0.6 is 0 Å². The molecule has 0 spiro atoms. The third-order valence-corrected chi connectivity index (χ3v) is 5.06. The van der Waals surface area contributed by atoms with Gasteiger partial charge in [-0.25, -0.2) is 19.2 Å². The van der Waals surface area contributed by atoms with Crippen LogP contribution in [0.5, 0.6) is 0 Å². The number of urea groups is 1. The van der Waals surface area contributed by atoms with Crippen molar-refractivity contribution in [2.24, 2.45) is 5.92 Å². The number of fused-ring (bicyclic) bond motifs is 1. The number of piperidine rings is 1. The Kier molecular flexibility index (Phi) is 4.75. The van der Waals surface area contributed by atoms with Gasteiger partial charge in [-0.1, -0.05) is 6.07 Å². The Morgan fingerprint density at radius 1 is 1.33 bits per heavy atom. The van der Waals surface area contributed by atoms with Crippen LogP contribution in [-0.4, -0.2) is 38.6 Å². The predicted octanol–water partition coefficient (Wildman–Crippen LogP) is 3.82.